The molecule has 1 heterocycles. The van der Waals surface area contributed by atoms with E-state index in [2.05, 4.69) is 0 Å². The van der Waals surface area contributed by atoms with E-state index in [0.29, 0.717) is 22.3 Å². The van der Waals surface area contributed by atoms with Crippen LogP contribution in [-0.4, -0.2) is 43.9 Å². The van der Waals surface area contributed by atoms with Crippen LogP contribution >= 0.6 is 0 Å². The van der Waals surface area contributed by atoms with Crippen LogP contribution in [0.1, 0.15) is 33.4 Å². The van der Waals surface area contributed by atoms with Crippen LogP contribution in [0.4, 0.5) is 10.5 Å². The van der Waals surface area contributed by atoms with Crippen molar-refractivity contribution in [3.05, 3.63) is 54.2 Å². The summed E-state index contributed by atoms with van der Waals surface area (Å²) in [5, 5.41) is 0.685. The number of nitrogens with zero attached hydrogens (tertiary/aromatic N) is 2. The lowest BCUT2D eigenvalue weighted by molar-refractivity contribution is -0.116. The summed E-state index contributed by atoms with van der Waals surface area (Å²) in [6, 6.07) is 13.4. The Morgan fingerprint density at radius 2 is 1.67 bits per heavy atom. The van der Waals surface area contributed by atoms with Crippen molar-refractivity contribution in [2.45, 2.75) is 44.8 Å². The first-order valence-electron chi connectivity index (χ1n) is 10.3. The standard InChI is InChI=1S/C24H28N2O6S/c1-16(27)25(5)18-8-10-20(11-9-18)31-15-19-13-17-7-12-21(33(6,29)30)14-22(17)26(19)23(28)32-24(2,3)4/h7-14H,15H2,1-6H3. The zero-order valence-electron chi connectivity index (χ0n) is 19.6. The van der Waals surface area contributed by atoms with Crippen LogP contribution in [0.25, 0.3) is 10.9 Å². The number of hydrogen-bond acceptors (Lipinski definition) is 6. The fourth-order valence-corrected chi connectivity index (χ4v) is 3.84. The summed E-state index contributed by atoms with van der Waals surface area (Å²) in [5.74, 6) is 0.465. The van der Waals surface area contributed by atoms with Crippen molar-refractivity contribution in [3.63, 3.8) is 0 Å². The molecule has 0 bridgehead atoms. The zero-order chi connectivity index (χ0) is 24.6. The number of benzene rings is 2. The van der Waals surface area contributed by atoms with Gasteiger partial charge in [-0.2, -0.15) is 0 Å². The van der Waals surface area contributed by atoms with E-state index in [1.165, 1.54) is 28.5 Å². The molecule has 3 rings (SSSR count). The number of fused-ring (bicyclic) bond motifs is 1. The molecule has 0 aliphatic carbocycles. The molecule has 0 unspecified atom stereocenters. The van der Waals surface area contributed by atoms with Gasteiger partial charge in [0.1, 0.15) is 18.0 Å². The van der Waals surface area contributed by atoms with Gasteiger partial charge in [-0.3, -0.25) is 4.79 Å². The molecule has 9 heteroatoms. The number of ether oxygens (including phenoxy) is 2. The first kappa shape index (κ1) is 24.3. The van der Waals surface area contributed by atoms with Crippen LogP contribution in [0.2, 0.25) is 0 Å². The van der Waals surface area contributed by atoms with Crippen LogP contribution in [0.5, 0.6) is 5.75 Å². The van der Waals surface area contributed by atoms with Gasteiger partial charge in [-0.1, -0.05) is 6.07 Å². The first-order valence-corrected chi connectivity index (χ1v) is 12.2. The van der Waals surface area contributed by atoms with Crippen LogP contribution in [0.15, 0.2) is 53.4 Å². The fourth-order valence-electron chi connectivity index (χ4n) is 3.20. The van der Waals surface area contributed by atoms with Crippen LogP contribution < -0.4 is 9.64 Å². The quantitative estimate of drug-likeness (QED) is 0.547. The van der Waals surface area contributed by atoms with Gasteiger partial charge >= 0.3 is 6.09 Å². The Labute approximate surface area is 193 Å². The second-order valence-electron chi connectivity index (χ2n) is 8.80. The molecule has 0 aliphatic heterocycles. The van der Waals surface area contributed by atoms with E-state index in [9.17, 15) is 18.0 Å². The number of rotatable bonds is 5. The fraction of sp³-hybridized carbons (Fsp3) is 0.333. The third kappa shape index (κ3) is 5.73. The zero-order valence-corrected chi connectivity index (χ0v) is 20.4. The minimum atomic E-state index is -3.46. The lowest BCUT2D eigenvalue weighted by atomic mass is 10.2. The SMILES string of the molecule is CC(=O)N(C)c1ccc(OCc2cc3ccc(S(C)(=O)=O)cc3n2C(=O)OC(C)(C)C)cc1. The summed E-state index contributed by atoms with van der Waals surface area (Å²) in [4.78, 5) is 26.2. The highest BCUT2D eigenvalue weighted by molar-refractivity contribution is 7.90. The molecule has 2 aromatic carbocycles. The summed E-state index contributed by atoms with van der Waals surface area (Å²) in [5.41, 5.74) is 0.920. The molecule has 176 valence electrons. The number of aromatic nitrogens is 1. The maximum Gasteiger partial charge on any atom is 0.419 e. The van der Waals surface area contributed by atoms with Crippen LogP contribution in [0, 0.1) is 0 Å². The molecular weight excluding hydrogens is 444 g/mol. The number of anilines is 1. The molecule has 0 fully saturated rings. The minimum absolute atomic E-state index is 0.0457. The number of carbonyl (C=O) groups excluding carboxylic acids is 2. The molecule has 8 nitrogen and oxygen atoms in total. The average molecular weight is 473 g/mol. The van der Waals surface area contributed by atoms with Gasteiger partial charge in [0.25, 0.3) is 0 Å². The maximum atomic E-state index is 13.0. The summed E-state index contributed by atoms with van der Waals surface area (Å²) in [7, 11) is -1.78. The molecular formula is C24H28N2O6S. The van der Waals surface area contributed by atoms with Crippen molar-refractivity contribution in [2.75, 3.05) is 18.2 Å². The smallest absolute Gasteiger partial charge is 0.419 e. The van der Waals surface area contributed by atoms with Gasteiger partial charge in [-0.05, 0) is 63.2 Å². The number of carbonyl (C=O) groups is 2. The normalized spacial score (nSPS) is 11.9. The lowest BCUT2D eigenvalue weighted by Gasteiger charge is -2.21. The summed E-state index contributed by atoms with van der Waals surface area (Å²) in [6.45, 7) is 6.80. The van der Waals surface area contributed by atoms with Gasteiger partial charge in [0, 0.05) is 31.3 Å². The molecule has 0 atom stereocenters. The van der Waals surface area contributed by atoms with Crippen molar-refractivity contribution in [1.82, 2.24) is 4.57 Å². The Bertz CT molecular complexity index is 1300. The highest BCUT2D eigenvalue weighted by Gasteiger charge is 2.23. The van der Waals surface area contributed by atoms with Crippen molar-refractivity contribution in [2.24, 2.45) is 0 Å². The van der Waals surface area contributed by atoms with E-state index < -0.39 is 21.5 Å². The van der Waals surface area contributed by atoms with Gasteiger partial charge in [-0.15, -0.1) is 0 Å². The monoisotopic (exact) mass is 472 g/mol. The summed E-state index contributed by atoms with van der Waals surface area (Å²) >= 11 is 0. The largest absolute Gasteiger partial charge is 0.487 e. The number of sulfone groups is 1. The predicted molar refractivity (Wildman–Crippen MR) is 127 cm³/mol. The number of amides is 1. The molecule has 0 aliphatic rings. The van der Waals surface area contributed by atoms with Crippen molar-refractivity contribution < 1.29 is 27.5 Å². The molecule has 0 N–H and O–H groups in total. The van der Waals surface area contributed by atoms with E-state index in [1.807, 2.05) is 0 Å². The van der Waals surface area contributed by atoms with Crippen molar-refractivity contribution in [3.8, 4) is 5.75 Å². The van der Waals surface area contributed by atoms with Gasteiger partial charge in [0.15, 0.2) is 9.84 Å². The van der Waals surface area contributed by atoms with Gasteiger partial charge in [-0.25, -0.2) is 17.8 Å². The van der Waals surface area contributed by atoms with Crippen molar-refractivity contribution in [1.29, 1.82) is 0 Å². The topological polar surface area (TPSA) is 94.9 Å². The van der Waals surface area contributed by atoms with E-state index >= 15 is 0 Å². The average Bonchev–Trinajstić information content (AvgIpc) is 3.08. The molecule has 33 heavy (non-hydrogen) atoms. The third-order valence-corrected chi connectivity index (χ3v) is 6.05. The Morgan fingerprint density at radius 3 is 2.21 bits per heavy atom. The lowest BCUT2D eigenvalue weighted by Crippen LogP contribution is -2.28. The molecule has 1 aromatic heterocycles. The minimum Gasteiger partial charge on any atom is -0.487 e. The summed E-state index contributed by atoms with van der Waals surface area (Å²) in [6.07, 6.45) is 0.492. The molecule has 0 saturated heterocycles. The van der Waals surface area contributed by atoms with E-state index in [1.54, 1.807) is 64.2 Å². The summed E-state index contributed by atoms with van der Waals surface area (Å²) < 4.78 is 36.9. The molecule has 0 saturated carbocycles. The molecule has 0 radical (unpaired) electrons. The second-order valence-corrected chi connectivity index (χ2v) is 10.8. The number of hydrogen-bond donors (Lipinski definition) is 0. The Kier molecular flexibility index (Phi) is 6.56. The van der Waals surface area contributed by atoms with Gasteiger partial charge in [0.05, 0.1) is 16.1 Å². The second kappa shape index (κ2) is 8.90. The Morgan fingerprint density at radius 1 is 1.03 bits per heavy atom. The van der Waals surface area contributed by atoms with E-state index in [4.69, 9.17) is 9.47 Å². The van der Waals surface area contributed by atoms with Gasteiger partial charge < -0.3 is 14.4 Å². The Hall–Kier alpha value is -3.33. The maximum absolute atomic E-state index is 13.0. The van der Waals surface area contributed by atoms with E-state index in [0.717, 1.165) is 11.9 Å². The van der Waals surface area contributed by atoms with Crippen LogP contribution in [-0.2, 0) is 26.0 Å². The van der Waals surface area contributed by atoms with E-state index in [-0.39, 0.29) is 17.4 Å². The molecule has 1 amide bonds. The first-order chi connectivity index (χ1) is 15.3. The predicted octanol–water partition coefficient (Wildman–Crippen LogP) is 4.39. The van der Waals surface area contributed by atoms with Crippen molar-refractivity contribution >= 4 is 38.4 Å². The highest BCUT2D eigenvalue weighted by atomic mass is 32.2. The van der Waals surface area contributed by atoms with Gasteiger partial charge in [0.2, 0.25) is 5.91 Å². The highest BCUT2D eigenvalue weighted by Crippen LogP contribution is 2.27. The molecule has 3 aromatic rings. The van der Waals surface area contributed by atoms with Crippen LogP contribution in [0.3, 0.4) is 0 Å². The molecule has 0 spiro atoms. The third-order valence-electron chi connectivity index (χ3n) is 4.94. The Balaban J connectivity index is 1.96.